The Balaban J connectivity index is 1.59. The van der Waals surface area contributed by atoms with Crippen LogP contribution in [0.5, 0.6) is 5.75 Å². The van der Waals surface area contributed by atoms with Crippen LogP contribution in [0, 0.1) is 11.8 Å². The van der Waals surface area contributed by atoms with Gasteiger partial charge in [0.15, 0.2) is 5.82 Å². The van der Waals surface area contributed by atoms with Crippen LogP contribution in [-0.2, 0) is 16.1 Å². The zero-order valence-electron chi connectivity index (χ0n) is 14.4. The lowest BCUT2D eigenvalue weighted by atomic mass is 10.2. The molecule has 132 valence electrons. The summed E-state index contributed by atoms with van der Waals surface area (Å²) < 4.78 is 11.0. The normalized spacial score (nSPS) is 10.2. The van der Waals surface area contributed by atoms with Crippen molar-refractivity contribution in [1.82, 2.24) is 10.2 Å². The Labute approximate surface area is 151 Å². The van der Waals surface area contributed by atoms with Gasteiger partial charge in [0.05, 0.1) is 12.1 Å². The molecule has 0 atom stereocenters. The second kappa shape index (κ2) is 8.70. The Kier molecular flexibility index (Phi) is 5.86. The third-order valence-electron chi connectivity index (χ3n) is 3.62. The molecule has 0 unspecified atom stereocenters. The predicted octanol–water partition coefficient (Wildman–Crippen LogP) is 3.12. The van der Waals surface area contributed by atoms with Gasteiger partial charge < -0.3 is 14.8 Å². The van der Waals surface area contributed by atoms with Crippen LogP contribution in [0.1, 0.15) is 12.5 Å². The number of carbonyl (C=O) groups is 1. The van der Waals surface area contributed by atoms with E-state index < -0.39 is 0 Å². The lowest BCUT2D eigenvalue weighted by Gasteiger charge is -2.06. The maximum Gasteiger partial charge on any atom is 0.251 e. The molecule has 0 bridgehead atoms. The first-order valence-electron chi connectivity index (χ1n) is 8.18. The van der Waals surface area contributed by atoms with Gasteiger partial charge in [-0.1, -0.05) is 36.3 Å². The molecule has 0 aliphatic heterocycles. The fraction of sp³-hybridized carbons (Fsp3) is 0.200. The van der Waals surface area contributed by atoms with Gasteiger partial charge in [-0.2, -0.15) is 5.10 Å². The van der Waals surface area contributed by atoms with E-state index in [0.717, 1.165) is 16.5 Å². The van der Waals surface area contributed by atoms with Gasteiger partial charge in [0.25, 0.3) is 5.91 Å². The topological polar surface area (TPSA) is 76.2 Å². The Morgan fingerprint density at radius 1 is 1.23 bits per heavy atom. The summed E-state index contributed by atoms with van der Waals surface area (Å²) in [5, 5.41) is 10.5. The molecule has 1 heterocycles. The van der Waals surface area contributed by atoms with Crippen LogP contribution in [-0.4, -0.2) is 29.3 Å². The zero-order chi connectivity index (χ0) is 18.2. The van der Waals surface area contributed by atoms with Crippen molar-refractivity contribution in [2.24, 2.45) is 0 Å². The zero-order valence-corrected chi connectivity index (χ0v) is 14.4. The molecule has 0 aliphatic carbocycles. The van der Waals surface area contributed by atoms with Crippen LogP contribution in [0.3, 0.4) is 0 Å². The maximum atomic E-state index is 12.1. The van der Waals surface area contributed by atoms with E-state index in [2.05, 4.69) is 27.4 Å². The van der Waals surface area contributed by atoms with Crippen molar-refractivity contribution in [3.05, 3.63) is 54.1 Å². The van der Waals surface area contributed by atoms with E-state index in [1.807, 2.05) is 48.5 Å². The summed E-state index contributed by atoms with van der Waals surface area (Å²) in [6.07, 6.45) is 0. The number of rotatable bonds is 7. The second-order valence-corrected chi connectivity index (χ2v) is 5.52. The van der Waals surface area contributed by atoms with Gasteiger partial charge >= 0.3 is 0 Å². The molecule has 2 aromatic carbocycles. The summed E-state index contributed by atoms with van der Waals surface area (Å²) in [5.41, 5.74) is 1.82. The molecule has 0 radical (unpaired) electrons. The highest BCUT2D eigenvalue weighted by Crippen LogP contribution is 2.25. The molecular weight excluding hydrogens is 330 g/mol. The Hall–Kier alpha value is -3.30. The molecule has 0 fully saturated rings. The van der Waals surface area contributed by atoms with E-state index in [9.17, 15) is 4.79 Å². The summed E-state index contributed by atoms with van der Waals surface area (Å²) in [7, 11) is 0. The summed E-state index contributed by atoms with van der Waals surface area (Å²) in [4.78, 5) is 12.1. The lowest BCUT2D eigenvalue weighted by molar-refractivity contribution is -0.121. The molecule has 0 saturated heterocycles. The lowest BCUT2D eigenvalue weighted by Crippen LogP contribution is -2.18. The van der Waals surface area contributed by atoms with Crippen LogP contribution in [0.4, 0.5) is 5.82 Å². The highest BCUT2D eigenvalue weighted by molar-refractivity contribution is 6.00. The van der Waals surface area contributed by atoms with Crippen molar-refractivity contribution in [2.75, 3.05) is 18.5 Å². The SMILES string of the molecule is CC#CCOc1ccc2[nH]nc(NC(=O)COCc3ccccc3)c2c1. The summed E-state index contributed by atoms with van der Waals surface area (Å²) >= 11 is 0. The number of hydrogen-bond donors (Lipinski definition) is 2. The monoisotopic (exact) mass is 349 g/mol. The first-order chi connectivity index (χ1) is 12.8. The van der Waals surface area contributed by atoms with E-state index in [4.69, 9.17) is 9.47 Å². The van der Waals surface area contributed by atoms with Gasteiger partial charge in [-0.05, 0) is 30.7 Å². The number of carbonyl (C=O) groups excluding carboxylic acids is 1. The number of nitrogens with zero attached hydrogens (tertiary/aromatic N) is 1. The van der Waals surface area contributed by atoms with E-state index in [-0.39, 0.29) is 12.5 Å². The van der Waals surface area contributed by atoms with E-state index in [0.29, 0.717) is 24.8 Å². The van der Waals surface area contributed by atoms with Gasteiger partial charge in [0.1, 0.15) is 19.0 Å². The largest absolute Gasteiger partial charge is 0.481 e. The third kappa shape index (κ3) is 4.62. The molecule has 0 spiro atoms. The molecule has 26 heavy (non-hydrogen) atoms. The number of anilines is 1. The summed E-state index contributed by atoms with van der Waals surface area (Å²) in [5.74, 6) is 6.46. The van der Waals surface area contributed by atoms with Crippen molar-refractivity contribution in [3.8, 4) is 17.6 Å². The highest BCUT2D eigenvalue weighted by Gasteiger charge is 2.10. The third-order valence-corrected chi connectivity index (χ3v) is 3.62. The van der Waals surface area contributed by atoms with E-state index in [1.54, 1.807) is 6.92 Å². The smallest absolute Gasteiger partial charge is 0.251 e. The van der Waals surface area contributed by atoms with Crippen molar-refractivity contribution >= 4 is 22.6 Å². The van der Waals surface area contributed by atoms with Crippen molar-refractivity contribution in [1.29, 1.82) is 0 Å². The quantitative estimate of drug-likeness (QED) is 0.643. The minimum absolute atomic E-state index is 0.0501. The molecule has 6 heteroatoms. The average molecular weight is 349 g/mol. The molecule has 1 aromatic heterocycles. The summed E-state index contributed by atoms with van der Waals surface area (Å²) in [6, 6.07) is 15.2. The van der Waals surface area contributed by atoms with Crippen LogP contribution in [0.25, 0.3) is 10.9 Å². The van der Waals surface area contributed by atoms with Crippen molar-refractivity contribution in [2.45, 2.75) is 13.5 Å². The molecule has 3 rings (SSSR count). The van der Waals surface area contributed by atoms with Gasteiger partial charge in [0.2, 0.25) is 0 Å². The summed E-state index contributed by atoms with van der Waals surface area (Å²) in [6.45, 7) is 2.41. The minimum Gasteiger partial charge on any atom is -0.481 e. The molecular formula is C20H19N3O3. The number of ether oxygens (including phenoxy) is 2. The number of H-pyrrole nitrogens is 1. The Bertz CT molecular complexity index is 939. The first kappa shape index (κ1) is 17.5. The van der Waals surface area contributed by atoms with Gasteiger partial charge in [-0.3, -0.25) is 9.89 Å². The predicted molar refractivity (Wildman–Crippen MR) is 99.8 cm³/mol. The standard InChI is InChI=1S/C20H19N3O3/c1-2-3-11-26-16-9-10-18-17(12-16)20(23-22-18)21-19(24)14-25-13-15-7-5-4-6-8-15/h4-10,12H,11,13-14H2,1H3,(H2,21,22,23,24). The van der Waals surface area contributed by atoms with Crippen molar-refractivity contribution < 1.29 is 14.3 Å². The molecule has 6 nitrogen and oxygen atoms in total. The Morgan fingerprint density at radius 3 is 2.88 bits per heavy atom. The van der Waals surface area contributed by atoms with Crippen LogP contribution in [0.15, 0.2) is 48.5 Å². The number of amides is 1. The van der Waals surface area contributed by atoms with Crippen LogP contribution in [0.2, 0.25) is 0 Å². The molecule has 0 aliphatic rings. The average Bonchev–Trinajstić information content (AvgIpc) is 3.05. The number of hydrogen-bond acceptors (Lipinski definition) is 4. The number of aromatic nitrogens is 2. The van der Waals surface area contributed by atoms with E-state index in [1.165, 1.54) is 0 Å². The maximum absolute atomic E-state index is 12.1. The van der Waals surface area contributed by atoms with Gasteiger partial charge in [-0.25, -0.2) is 0 Å². The van der Waals surface area contributed by atoms with Crippen LogP contribution >= 0.6 is 0 Å². The van der Waals surface area contributed by atoms with Crippen LogP contribution < -0.4 is 10.1 Å². The fourth-order valence-corrected chi connectivity index (χ4v) is 2.37. The Morgan fingerprint density at radius 2 is 2.08 bits per heavy atom. The van der Waals surface area contributed by atoms with E-state index >= 15 is 0 Å². The highest BCUT2D eigenvalue weighted by atomic mass is 16.5. The second-order valence-electron chi connectivity index (χ2n) is 5.52. The molecule has 2 N–H and O–H groups in total. The molecule has 3 aromatic rings. The first-order valence-corrected chi connectivity index (χ1v) is 8.18. The van der Waals surface area contributed by atoms with Crippen molar-refractivity contribution in [3.63, 3.8) is 0 Å². The number of benzene rings is 2. The number of nitrogens with one attached hydrogen (secondary N) is 2. The number of aromatic amines is 1. The minimum atomic E-state index is -0.266. The molecule has 1 amide bonds. The fourth-order valence-electron chi connectivity index (χ4n) is 2.37. The number of fused-ring (bicyclic) bond motifs is 1. The van der Waals surface area contributed by atoms with Gasteiger partial charge in [-0.15, -0.1) is 5.92 Å². The molecule has 0 saturated carbocycles. The van der Waals surface area contributed by atoms with Gasteiger partial charge in [0, 0.05) is 5.39 Å².